The van der Waals surface area contributed by atoms with Gasteiger partial charge in [-0.15, -0.1) is 0 Å². The van der Waals surface area contributed by atoms with E-state index in [4.69, 9.17) is 4.74 Å². The van der Waals surface area contributed by atoms with Crippen molar-refractivity contribution in [1.82, 2.24) is 4.90 Å². The van der Waals surface area contributed by atoms with Crippen LogP contribution in [0.5, 0.6) is 0 Å². The van der Waals surface area contributed by atoms with Crippen LogP contribution < -0.4 is 17.0 Å². The minimum Gasteiger partial charge on any atom is -1.00 e. The number of fused-ring (bicyclic) bond motifs is 6. The van der Waals surface area contributed by atoms with Crippen LogP contribution in [0.2, 0.25) is 0 Å². The van der Waals surface area contributed by atoms with Gasteiger partial charge in [-0.25, -0.2) is 4.39 Å². The Morgan fingerprint density at radius 1 is 0.536 bits per heavy atom. The van der Waals surface area contributed by atoms with E-state index in [0.29, 0.717) is 13.2 Å². The summed E-state index contributed by atoms with van der Waals surface area (Å²) < 4.78 is 20.1. The van der Waals surface area contributed by atoms with Crippen molar-refractivity contribution < 1.29 is 40.8 Å². The van der Waals surface area contributed by atoms with Crippen molar-refractivity contribution in [2.24, 2.45) is 10.8 Å². The first-order valence-electron chi connectivity index (χ1n) is 20.4. The average Bonchev–Trinajstić information content (AvgIpc) is 3.28. The Bertz CT molecular complexity index is 1860. The van der Waals surface area contributed by atoms with E-state index in [1.54, 1.807) is 12.1 Å². The molecule has 0 amide bonds. The molecule has 5 aromatic rings. The standard InChI is InChI=1S/C29H33FNO2.C20H23NO.BrH/c30-27-13-11-24(12-14-27)23-33-22-21-31-18-15-28(16-19-31,17-20-31)29(32,25-7-3-1-4-8-25)26-9-5-2-6-10-26;22-20(17-7-3-1-4-8-17,18-9-5-2-6-10-18)19-11-14-21(15-12-19)16-13-19;/h1-14,32H,15-23H2;1-10,22H,11-16H2;1H/q+1;;/p-1. The summed E-state index contributed by atoms with van der Waals surface area (Å²) >= 11 is 0. The lowest BCUT2D eigenvalue weighted by molar-refractivity contribution is -0.946. The third-order valence-electron chi connectivity index (χ3n) is 14.1. The summed E-state index contributed by atoms with van der Waals surface area (Å²) in [5, 5.41) is 24.5. The molecule has 0 unspecified atom stereocenters. The molecule has 5 aromatic carbocycles. The highest BCUT2D eigenvalue weighted by Crippen LogP contribution is 2.58. The molecule has 5 nitrogen and oxygen atoms in total. The molecule has 0 aliphatic carbocycles. The zero-order chi connectivity index (χ0) is 37.8. The maximum Gasteiger partial charge on any atom is 0.123 e. The normalized spacial score (nSPS) is 25.4. The first-order chi connectivity index (χ1) is 26.8. The minimum absolute atomic E-state index is 0. The molecular formula is C49H56BrFN2O3. The number of aliphatic hydroxyl groups is 2. The van der Waals surface area contributed by atoms with Crippen LogP contribution in [-0.2, 0) is 22.5 Å². The van der Waals surface area contributed by atoms with Gasteiger partial charge in [0.05, 0.1) is 32.8 Å². The number of piperidine rings is 6. The summed E-state index contributed by atoms with van der Waals surface area (Å²) in [5.41, 5.74) is 3.03. The molecule has 0 spiro atoms. The van der Waals surface area contributed by atoms with E-state index in [9.17, 15) is 14.6 Å². The van der Waals surface area contributed by atoms with E-state index in [2.05, 4.69) is 53.4 Å². The molecular weight excluding hydrogens is 763 g/mol. The second kappa shape index (κ2) is 17.0. The number of benzene rings is 5. The van der Waals surface area contributed by atoms with Crippen LogP contribution in [0.3, 0.4) is 0 Å². The van der Waals surface area contributed by atoms with Crippen molar-refractivity contribution in [3.8, 4) is 0 Å². The molecule has 6 saturated heterocycles. The summed E-state index contributed by atoms with van der Waals surface area (Å²) in [7, 11) is 0. The third kappa shape index (κ3) is 7.55. The topological polar surface area (TPSA) is 52.9 Å². The van der Waals surface area contributed by atoms with Crippen LogP contribution in [-0.4, -0.2) is 72.0 Å². The highest BCUT2D eigenvalue weighted by molar-refractivity contribution is 5.41. The van der Waals surface area contributed by atoms with Crippen molar-refractivity contribution in [2.45, 2.75) is 56.3 Å². The molecule has 6 aliphatic rings. The lowest BCUT2D eigenvalue weighted by atomic mass is 9.56. The summed E-state index contributed by atoms with van der Waals surface area (Å²) in [5.74, 6) is -0.215. The molecule has 6 aliphatic heterocycles. The highest BCUT2D eigenvalue weighted by atomic mass is 79.9. The maximum absolute atomic E-state index is 13.1. The number of hydrogen-bond acceptors (Lipinski definition) is 4. The number of nitrogens with zero attached hydrogens (tertiary/aromatic N) is 2. The van der Waals surface area contributed by atoms with Gasteiger partial charge >= 0.3 is 0 Å². The van der Waals surface area contributed by atoms with Gasteiger partial charge in [0, 0.05) is 30.1 Å². The number of halogens is 2. The summed E-state index contributed by atoms with van der Waals surface area (Å²) in [6.45, 7) is 8.77. The van der Waals surface area contributed by atoms with E-state index in [0.717, 1.165) is 117 Å². The molecule has 0 aromatic heterocycles. The molecule has 6 heterocycles. The lowest BCUT2D eigenvalue weighted by Crippen LogP contribution is -3.00. The molecule has 2 N–H and O–H groups in total. The second-order valence-electron chi connectivity index (χ2n) is 16.7. The van der Waals surface area contributed by atoms with Crippen molar-refractivity contribution in [3.05, 3.63) is 179 Å². The van der Waals surface area contributed by atoms with Crippen LogP contribution >= 0.6 is 0 Å². The quantitative estimate of drug-likeness (QED) is 0.133. The average molecular weight is 820 g/mol. The molecule has 7 heteroatoms. The molecule has 56 heavy (non-hydrogen) atoms. The Balaban J connectivity index is 0.000000182. The number of hydrogen-bond donors (Lipinski definition) is 2. The molecule has 11 rings (SSSR count). The van der Waals surface area contributed by atoms with E-state index in [-0.39, 0.29) is 33.6 Å². The van der Waals surface area contributed by atoms with Gasteiger partial charge in [-0.05, 0) is 78.8 Å². The molecule has 0 atom stereocenters. The summed E-state index contributed by atoms with van der Waals surface area (Å²) in [4.78, 5) is 2.53. The van der Waals surface area contributed by atoms with Crippen LogP contribution in [0.25, 0.3) is 0 Å². The van der Waals surface area contributed by atoms with Gasteiger partial charge in [-0.3, -0.25) is 0 Å². The molecule has 6 fully saturated rings. The predicted octanol–water partition coefficient (Wildman–Crippen LogP) is 5.69. The van der Waals surface area contributed by atoms with Gasteiger partial charge in [0.25, 0.3) is 0 Å². The zero-order valence-corrected chi connectivity index (χ0v) is 34.0. The van der Waals surface area contributed by atoms with E-state index < -0.39 is 11.2 Å². The number of rotatable bonds is 11. The minimum atomic E-state index is -0.981. The second-order valence-corrected chi connectivity index (χ2v) is 16.7. The van der Waals surface area contributed by atoms with Gasteiger partial charge in [0.1, 0.15) is 23.6 Å². The summed E-state index contributed by atoms with van der Waals surface area (Å²) in [6.07, 6.45) is 6.25. The van der Waals surface area contributed by atoms with Gasteiger partial charge in [-0.1, -0.05) is 133 Å². The Labute approximate surface area is 343 Å². The van der Waals surface area contributed by atoms with Crippen LogP contribution in [0.15, 0.2) is 146 Å². The Morgan fingerprint density at radius 2 is 0.893 bits per heavy atom. The first kappa shape index (κ1) is 40.5. The van der Waals surface area contributed by atoms with Gasteiger partial charge in [0.2, 0.25) is 0 Å². The largest absolute Gasteiger partial charge is 1.00 e. The van der Waals surface area contributed by atoms with Crippen molar-refractivity contribution in [3.63, 3.8) is 0 Å². The fraction of sp³-hybridized carbons (Fsp3) is 0.388. The smallest absolute Gasteiger partial charge is 0.123 e. The highest BCUT2D eigenvalue weighted by Gasteiger charge is 2.60. The first-order valence-corrected chi connectivity index (χ1v) is 20.4. The zero-order valence-electron chi connectivity index (χ0n) is 32.4. The SMILES string of the molecule is OC(c1ccccc1)(c1ccccc1)C12CCN(CC1)CC2.OC(c1ccccc1)(c1ccccc1)C12CC[N+](CCOCc3ccc(F)cc3)(CC1)CC2.[Br-]. The molecule has 0 saturated carbocycles. The third-order valence-corrected chi connectivity index (χ3v) is 14.1. The molecule has 4 bridgehead atoms. The van der Waals surface area contributed by atoms with Crippen molar-refractivity contribution >= 4 is 0 Å². The van der Waals surface area contributed by atoms with Crippen LogP contribution in [0, 0.1) is 16.6 Å². The van der Waals surface area contributed by atoms with E-state index in [1.807, 2.05) is 72.8 Å². The van der Waals surface area contributed by atoms with Crippen LogP contribution in [0.4, 0.5) is 4.39 Å². The molecule has 0 radical (unpaired) electrons. The predicted molar refractivity (Wildman–Crippen MR) is 217 cm³/mol. The lowest BCUT2D eigenvalue weighted by Gasteiger charge is -2.60. The molecule has 294 valence electrons. The van der Waals surface area contributed by atoms with Crippen LogP contribution in [0.1, 0.15) is 66.3 Å². The van der Waals surface area contributed by atoms with Crippen molar-refractivity contribution in [1.29, 1.82) is 0 Å². The van der Waals surface area contributed by atoms with E-state index in [1.165, 1.54) is 12.1 Å². The van der Waals surface area contributed by atoms with Gasteiger partial charge in [0.15, 0.2) is 0 Å². The Hall–Kier alpha value is -3.69. The van der Waals surface area contributed by atoms with Gasteiger partial charge in [-0.2, -0.15) is 0 Å². The monoisotopic (exact) mass is 818 g/mol. The number of quaternary nitrogens is 1. The van der Waals surface area contributed by atoms with Gasteiger partial charge < -0.3 is 41.3 Å². The Morgan fingerprint density at radius 3 is 1.27 bits per heavy atom. The Kier molecular flexibility index (Phi) is 12.3. The maximum atomic E-state index is 13.1. The fourth-order valence-corrected chi connectivity index (χ4v) is 10.6. The van der Waals surface area contributed by atoms with E-state index >= 15 is 0 Å². The number of ether oxygens (including phenoxy) is 1. The fourth-order valence-electron chi connectivity index (χ4n) is 10.6. The van der Waals surface area contributed by atoms with Crippen molar-refractivity contribution in [2.75, 3.05) is 52.4 Å². The summed E-state index contributed by atoms with van der Waals surface area (Å²) in [6, 6.07) is 47.6.